The standard InChI is InChI=1S/C19H19N3O2S/c1-12-17(25-13(2)20-12)11-24-19(23)18-15-9-6-10-16(15)22(21-18)14-7-4-3-5-8-14/h3-5,7-8H,6,9-11H2,1-2H3. The highest BCUT2D eigenvalue weighted by molar-refractivity contribution is 7.11. The van der Waals surface area contributed by atoms with E-state index in [-0.39, 0.29) is 12.6 Å². The Morgan fingerprint density at radius 1 is 1.24 bits per heavy atom. The van der Waals surface area contributed by atoms with Crippen LogP contribution in [0.1, 0.15) is 43.7 Å². The van der Waals surface area contributed by atoms with Gasteiger partial charge in [0.25, 0.3) is 0 Å². The Morgan fingerprint density at radius 3 is 2.76 bits per heavy atom. The van der Waals surface area contributed by atoms with Gasteiger partial charge in [-0.25, -0.2) is 14.5 Å². The summed E-state index contributed by atoms with van der Waals surface area (Å²) >= 11 is 1.57. The van der Waals surface area contributed by atoms with Crippen LogP contribution in [-0.4, -0.2) is 20.7 Å². The maximum atomic E-state index is 12.6. The molecule has 25 heavy (non-hydrogen) atoms. The summed E-state index contributed by atoms with van der Waals surface area (Å²) in [5, 5.41) is 5.56. The van der Waals surface area contributed by atoms with Crippen molar-refractivity contribution in [2.45, 2.75) is 39.7 Å². The lowest BCUT2D eigenvalue weighted by atomic mass is 10.2. The van der Waals surface area contributed by atoms with Gasteiger partial charge >= 0.3 is 5.97 Å². The second-order valence-corrected chi connectivity index (χ2v) is 7.48. The molecule has 5 nitrogen and oxygen atoms in total. The minimum absolute atomic E-state index is 0.253. The summed E-state index contributed by atoms with van der Waals surface area (Å²) in [5.74, 6) is -0.349. The molecule has 2 aromatic heterocycles. The van der Waals surface area contributed by atoms with E-state index >= 15 is 0 Å². The number of thiazole rings is 1. The first kappa shape index (κ1) is 16.0. The molecule has 128 valence electrons. The fourth-order valence-electron chi connectivity index (χ4n) is 3.29. The SMILES string of the molecule is Cc1nc(C)c(COC(=O)c2nn(-c3ccccc3)c3c2CCC3)s1. The quantitative estimate of drug-likeness (QED) is 0.670. The number of nitrogens with zero attached hydrogens (tertiary/aromatic N) is 3. The van der Waals surface area contributed by atoms with Gasteiger partial charge in [-0.1, -0.05) is 18.2 Å². The molecule has 6 heteroatoms. The van der Waals surface area contributed by atoms with Crippen LogP contribution in [0.25, 0.3) is 5.69 Å². The average Bonchev–Trinajstić information content (AvgIpc) is 3.28. The molecular weight excluding hydrogens is 334 g/mol. The zero-order valence-electron chi connectivity index (χ0n) is 14.3. The highest BCUT2D eigenvalue weighted by Gasteiger charge is 2.28. The molecule has 3 aromatic rings. The number of carbonyl (C=O) groups is 1. The number of aryl methyl sites for hydroxylation is 2. The van der Waals surface area contributed by atoms with Crippen molar-refractivity contribution in [1.82, 2.24) is 14.8 Å². The lowest BCUT2D eigenvalue weighted by Gasteiger charge is -2.05. The molecule has 0 unspecified atom stereocenters. The molecule has 0 N–H and O–H groups in total. The predicted molar refractivity (Wildman–Crippen MR) is 96.3 cm³/mol. The van der Waals surface area contributed by atoms with E-state index in [9.17, 15) is 4.79 Å². The van der Waals surface area contributed by atoms with Crippen molar-refractivity contribution in [2.75, 3.05) is 0 Å². The highest BCUT2D eigenvalue weighted by Crippen LogP contribution is 2.28. The van der Waals surface area contributed by atoms with Gasteiger partial charge < -0.3 is 4.74 Å². The van der Waals surface area contributed by atoms with E-state index in [1.54, 1.807) is 11.3 Å². The van der Waals surface area contributed by atoms with E-state index in [1.807, 2.05) is 48.9 Å². The van der Waals surface area contributed by atoms with Gasteiger partial charge in [-0.3, -0.25) is 0 Å². The zero-order chi connectivity index (χ0) is 17.4. The van der Waals surface area contributed by atoms with Crippen LogP contribution in [0.4, 0.5) is 0 Å². The third kappa shape index (κ3) is 2.98. The number of hydrogen-bond acceptors (Lipinski definition) is 5. The first-order valence-corrected chi connectivity index (χ1v) is 9.21. The van der Waals surface area contributed by atoms with Crippen molar-refractivity contribution in [3.63, 3.8) is 0 Å². The molecule has 0 bridgehead atoms. The number of ether oxygens (including phenoxy) is 1. The molecule has 1 aromatic carbocycles. The minimum Gasteiger partial charge on any atom is -0.455 e. The molecule has 0 aliphatic heterocycles. The zero-order valence-corrected chi connectivity index (χ0v) is 15.1. The Hall–Kier alpha value is -2.47. The Bertz CT molecular complexity index is 928. The van der Waals surface area contributed by atoms with Crippen molar-refractivity contribution in [1.29, 1.82) is 0 Å². The molecule has 0 amide bonds. The summed E-state index contributed by atoms with van der Waals surface area (Å²) in [6.45, 7) is 4.15. The van der Waals surface area contributed by atoms with Crippen LogP contribution in [0.2, 0.25) is 0 Å². The molecule has 0 saturated carbocycles. The number of rotatable bonds is 4. The third-order valence-electron chi connectivity index (χ3n) is 4.46. The van der Waals surface area contributed by atoms with Crippen LogP contribution in [0.5, 0.6) is 0 Å². The van der Waals surface area contributed by atoms with E-state index in [2.05, 4.69) is 10.1 Å². The summed E-state index contributed by atoms with van der Waals surface area (Å²) in [7, 11) is 0. The normalized spacial score (nSPS) is 13.0. The molecule has 2 heterocycles. The van der Waals surface area contributed by atoms with Crippen LogP contribution in [0, 0.1) is 13.8 Å². The largest absolute Gasteiger partial charge is 0.455 e. The van der Waals surface area contributed by atoms with Crippen LogP contribution in [0.3, 0.4) is 0 Å². The van der Waals surface area contributed by atoms with Crippen molar-refractivity contribution in [3.05, 3.63) is 62.9 Å². The first-order valence-electron chi connectivity index (χ1n) is 8.39. The van der Waals surface area contributed by atoms with E-state index < -0.39 is 0 Å². The molecule has 0 spiro atoms. The van der Waals surface area contributed by atoms with Crippen molar-refractivity contribution in [2.24, 2.45) is 0 Å². The second kappa shape index (κ2) is 6.44. The monoisotopic (exact) mass is 353 g/mol. The second-order valence-electron chi connectivity index (χ2n) is 6.19. The Balaban J connectivity index is 1.60. The lowest BCUT2D eigenvalue weighted by molar-refractivity contribution is 0.0467. The van der Waals surface area contributed by atoms with E-state index in [0.717, 1.165) is 51.8 Å². The summed E-state index contributed by atoms with van der Waals surface area (Å²) < 4.78 is 7.43. The lowest BCUT2D eigenvalue weighted by Crippen LogP contribution is -2.09. The average molecular weight is 353 g/mol. The van der Waals surface area contributed by atoms with E-state index in [0.29, 0.717) is 5.69 Å². The van der Waals surface area contributed by atoms with Gasteiger partial charge in [0, 0.05) is 11.3 Å². The Labute approximate surface area is 150 Å². The Kier molecular flexibility index (Phi) is 4.13. The summed E-state index contributed by atoms with van der Waals surface area (Å²) in [6, 6.07) is 9.94. The van der Waals surface area contributed by atoms with Crippen molar-refractivity contribution in [3.8, 4) is 5.69 Å². The first-order chi connectivity index (χ1) is 12.1. The van der Waals surface area contributed by atoms with Gasteiger partial charge in [0.2, 0.25) is 0 Å². The smallest absolute Gasteiger partial charge is 0.359 e. The number of para-hydroxylation sites is 1. The summed E-state index contributed by atoms with van der Waals surface area (Å²) in [5.41, 5.74) is 4.52. The number of aromatic nitrogens is 3. The topological polar surface area (TPSA) is 57.0 Å². The van der Waals surface area contributed by atoms with Gasteiger partial charge in [-0.15, -0.1) is 11.3 Å². The summed E-state index contributed by atoms with van der Waals surface area (Å²) in [6.07, 6.45) is 2.87. The van der Waals surface area contributed by atoms with Crippen LogP contribution < -0.4 is 0 Å². The van der Waals surface area contributed by atoms with Gasteiger partial charge in [-0.2, -0.15) is 5.10 Å². The summed E-state index contributed by atoms with van der Waals surface area (Å²) in [4.78, 5) is 18.0. The Morgan fingerprint density at radius 2 is 2.04 bits per heavy atom. The maximum Gasteiger partial charge on any atom is 0.359 e. The van der Waals surface area contributed by atoms with Gasteiger partial charge in [0.1, 0.15) is 6.61 Å². The molecule has 0 fully saturated rings. The number of esters is 1. The number of fused-ring (bicyclic) bond motifs is 1. The molecule has 0 radical (unpaired) electrons. The number of benzene rings is 1. The van der Waals surface area contributed by atoms with Gasteiger partial charge in [0.05, 0.1) is 21.3 Å². The van der Waals surface area contributed by atoms with Crippen LogP contribution >= 0.6 is 11.3 Å². The molecule has 4 rings (SSSR count). The maximum absolute atomic E-state index is 12.6. The highest BCUT2D eigenvalue weighted by atomic mass is 32.1. The van der Waals surface area contributed by atoms with Crippen molar-refractivity contribution >= 4 is 17.3 Å². The van der Waals surface area contributed by atoms with E-state index in [1.165, 1.54) is 0 Å². The molecular formula is C19H19N3O2S. The third-order valence-corrected chi connectivity index (χ3v) is 5.50. The fourth-order valence-corrected chi connectivity index (χ4v) is 4.14. The molecule has 1 aliphatic rings. The molecule has 1 aliphatic carbocycles. The minimum atomic E-state index is -0.349. The van der Waals surface area contributed by atoms with Gasteiger partial charge in [-0.05, 0) is 45.2 Å². The van der Waals surface area contributed by atoms with Crippen LogP contribution in [-0.2, 0) is 24.2 Å². The molecule has 0 atom stereocenters. The van der Waals surface area contributed by atoms with E-state index in [4.69, 9.17) is 4.74 Å². The van der Waals surface area contributed by atoms with Crippen molar-refractivity contribution < 1.29 is 9.53 Å². The predicted octanol–water partition coefficient (Wildman–Crippen LogP) is 3.79. The van der Waals surface area contributed by atoms with Gasteiger partial charge in [0.15, 0.2) is 5.69 Å². The number of hydrogen-bond donors (Lipinski definition) is 0. The number of carbonyl (C=O) groups excluding carboxylic acids is 1. The fraction of sp³-hybridized carbons (Fsp3) is 0.316. The molecule has 0 saturated heterocycles. The van der Waals surface area contributed by atoms with Crippen LogP contribution in [0.15, 0.2) is 30.3 Å².